The molecule has 0 atom stereocenters. The average Bonchev–Trinajstić information content (AvgIpc) is 3.13. The molecular weight excluding hydrogens is 456 g/mol. The monoisotopic (exact) mass is 476 g/mol. The summed E-state index contributed by atoms with van der Waals surface area (Å²) in [6.07, 6.45) is 0. The van der Waals surface area contributed by atoms with Crippen LogP contribution in [-0.2, 0) is 19.6 Å². The van der Waals surface area contributed by atoms with Crippen LogP contribution >= 0.6 is 11.6 Å². The quantitative estimate of drug-likeness (QED) is 0.525. The molecule has 0 N–H and O–H groups in total. The lowest BCUT2D eigenvalue weighted by atomic mass is 10.1. The fourth-order valence-corrected chi connectivity index (χ4v) is 5.21. The molecule has 1 aliphatic heterocycles. The summed E-state index contributed by atoms with van der Waals surface area (Å²) >= 11 is 5.99. The first-order valence-electron chi connectivity index (χ1n) is 9.96. The minimum absolute atomic E-state index is 0.0221. The number of carbonyl (C=O) groups is 2. The van der Waals surface area contributed by atoms with Gasteiger partial charge in [-0.2, -0.15) is 4.31 Å². The zero-order valence-corrected chi connectivity index (χ0v) is 18.9. The average molecular weight is 477 g/mol. The highest BCUT2D eigenvalue weighted by Gasteiger charge is 2.30. The molecule has 4 rings (SSSR count). The maximum Gasteiger partial charge on any atom is 0.375 e. The lowest BCUT2D eigenvalue weighted by molar-refractivity contribution is -0.135. The van der Waals surface area contributed by atoms with Gasteiger partial charge in [-0.15, -0.1) is 0 Å². The molecule has 0 spiro atoms. The molecule has 168 valence electrons. The molecule has 2 heterocycles. The van der Waals surface area contributed by atoms with Crippen LogP contribution in [0.1, 0.15) is 16.1 Å². The summed E-state index contributed by atoms with van der Waals surface area (Å²) in [4.78, 5) is 26.6. The molecule has 0 bridgehead atoms. The predicted molar refractivity (Wildman–Crippen MR) is 118 cm³/mol. The summed E-state index contributed by atoms with van der Waals surface area (Å²) < 4.78 is 37.5. The first-order valence-corrected chi connectivity index (χ1v) is 11.8. The molecule has 0 aliphatic carbocycles. The predicted octanol–water partition coefficient (Wildman–Crippen LogP) is 3.08. The molecule has 8 nitrogen and oxygen atoms in total. The van der Waals surface area contributed by atoms with Crippen LogP contribution < -0.4 is 0 Å². The summed E-state index contributed by atoms with van der Waals surface area (Å²) in [7, 11) is -3.61. The van der Waals surface area contributed by atoms with Crippen molar-refractivity contribution in [2.24, 2.45) is 0 Å². The number of nitrogens with zero attached hydrogens (tertiary/aromatic N) is 2. The van der Waals surface area contributed by atoms with E-state index in [0.29, 0.717) is 21.6 Å². The Morgan fingerprint density at radius 2 is 1.75 bits per heavy atom. The molecular formula is C22H21ClN2O6S. The van der Waals surface area contributed by atoms with Crippen molar-refractivity contribution in [3.8, 4) is 0 Å². The van der Waals surface area contributed by atoms with Crippen LogP contribution in [0.15, 0.2) is 57.8 Å². The standard InChI is InChI=1S/C22H21ClN2O6S/c1-15-18-13-16(23)7-8-19(18)31-21(15)22(27)30-14-20(26)24-9-11-25(12-10-24)32(28,29)17-5-3-2-4-6-17/h2-8,13H,9-12,14H2,1H3. The van der Waals surface area contributed by atoms with Gasteiger partial charge in [0.05, 0.1) is 4.90 Å². The van der Waals surface area contributed by atoms with Gasteiger partial charge in [-0.3, -0.25) is 4.79 Å². The Labute approximate surface area is 190 Å². The molecule has 10 heteroatoms. The molecule has 1 fully saturated rings. The van der Waals surface area contributed by atoms with Gasteiger partial charge in [-0.1, -0.05) is 29.8 Å². The Kier molecular flexibility index (Phi) is 6.23. The number of ether oxygens (including phenoxy) is 1. The molecule has 1 amide bonds. The number of hydrogen-bond acceptors (Lipinski definition) is 6. The van der Waals surface area contributed by atoms with Crippen molar-refractivity contribution in [3.05, 3.63) is 64.9 Å². The van der Waals surface area contributed by atoms with Crippen LogP contribution in [0.4, 0.5) is 0 Å². The number of carbonyl (C=O) groups excluding carboxylic acids is 2. The van der Waals surface area contributed by atoms with Crippen molar-refractivity contribution in [3.63, 3.8) is 0 Å². The van der Waals surface area contributed by atoms with Crippen molar-refractivity contribution >= 4 is 44.5 Å². The fraction of sp³-hybridized carbons (Fsp3) is 0.273. The normalized spacial score (nSPS) is 15.1. The third kappa shape index (κ3) is 4.36. The molecule has 0 unspecified atom stereocenters. The smallest absolute Gasteiger partial charge is 0.375 e. The van der Waals surface area contributed by atoms with Crippen LogP contribution in [0.25, 0.3) is 11.0 Å². The van der Waals surface area contributed by atoms with E-state index in [1.807, 2.05) is 0 Å². The Bertz CT molecular complexity index is 1260. The summed E-state index contributed by atoms with van der Waals surface area (Å²) in [6.45, 7) is 2.02. The zero-order chi connectivity index (χ0) is 22.9. The summed E-state index contributed by atoms with van der Waals surface area (Å²) in [5.74, 6) is -1.12. The van der Waals surface area contributed by atoms with Crippen molar-refractivity contribution in [1.82, 2.24) is 9.21 Å². The highest BCUT2D eigenvalue weighted by molar-refractivity contribution is 7.89. The zero-order valence-electron chi connectivity index (χ0n) is 17.3. The number of sulfonamides is 1. The number of rotatable bonds is 5. The maximum absolute atomic E-state index is 12.7. The van der Waals surface area contributed by atoms with Crippen LogP contribution in [-0.4, -0.2) is 62.3 Å². The molecule has 3 aromatic rings. The van der Waals surface area contributed by atoms with Crippen LogP contribution in [0.3, 0.4) is 0 Å². The van der Waals surface area contributed by atoms with E-state index in [1.165, 1.54) is 9.21 Å². The summed E-state index contributed by atoms with van der Waals surface area (Å²) in [5, 5.41) is 1.22. The Balaban J connectivity index is 1.34. The van der Waals surface area contributed by atoms with Crippen LogP contribution in [0.2, 0.25) is 5.02 Å². The van der Waals surface area contributed by atoms with Gasteiger partial charge in [-0.25, -0.2) is 13.2 Å². The van der Waals surface area contributed by atoms with E-state index in [4.69, 9.17) is 20.8 Å². The lowest BCUT2D eigenvalue weighted by Crippen LogP contribution is -2.51. The van der Waals surface area contributed by atoms with Gasteiger partial charge < -0.3 is 14.1 Å². The fourth-order valence-electron chi connectivity index (χ4n) is 3.59. The van der Waals surface area contributed by atoms with Gasteiger partial charge >= 0.3 is 5.97 Å². The van der Waals surface area contributed by atoms with Crippen LogP contribution in [0, 0.1) is 6.92 Å². The van der Waals surface area contributed by atoms with Crippen LogP contribution in [0.5, 0.6) is 0 Å². The largest absolute Gasteiger partial charge is 0.450 e. The molecule has 0 saturated carbocycles. The first kappa shape index (κ1) is 22.3. The minimum Gasteiger partial charge on any atom is -0.450 e. The second kappa shape index (κ2) is 8.93. The summed E-state index contributed by atoms with van der Waals surface area (Å²) in [6, 6.07) is 13.2. The third-order valence-corrected chi connectivity index (χ3v) is 7.53. The number of furan rings is 1. The molecule has 1 aromatic heterocycles. The second-order valence-electron chi connectivity index (χ2n) is 7.37. The number of benzene rings is 2. The SMILES string of the molecule is Cc1c(C(=O)OCC(=O)N2CCN(S(=O)(=O)c3ccccc3)CC2)oc2ccc(Cl)cc12. The number of halogens is 1. The Morgan fingerprint density at radius 1 is 1.06 bits per heavy atom. The number of amides is 1. The van der Waals surface area contributed by atoms with Gasteiger partial charge in [0.25, 0.3) is 5.91 Å². The topological polar surface area (TPSA) is 97.1 Å². The molecule has 32 heavy (non-hydrogen) atoms. The number of hydrogen-bond donors (Lipinski definition) is 0. The number of piperazine rings is 1. The molecule has 1 aliphatic rings. The van der Waals surface area contributed by atoms with E-state index in [2.05, 4.69) is 0 Å². The van der Waals surface area contributed by atoms with Crippen molar-refractivity contribution in [2.75, 3.05) is 32.8 Å². The maximum atomic E-state index is 12.7. The van der Waals surface area contributed by atoms with Crippen molar-refractivity contribution in [2.45, 2.75) is 11.8 Å². The number of aryl methyl sites for hydroxylation is 1. The number of fused-ring (bicyclic) bond motifs is 1. The van der Waals surface area contributed by atoms with Gasteiger partial charge in [0.1, 0.15) is 5.58 Å². The molecule has 0 radical (unpaired) electrons. The van der Waals surface area contributed by atoms with E-state index in [9.17, 15) is 18.0 Å². The summed E-state index contributed by atoms with van der Waals surface area (Å²) in [5.41, 5.74) is 1.08. The van der Waals surface area contributed by atoms with Gasteiger partial charge in [0.2, 0.25) is 15.8 Å². The van der Waals surface area contributed by atoms with Crippen molar-refractivity contribution in [1.29, 1.82) is 0 Å². The Morgan fingerprint density at radius 3 is 2.44 bits per heavy atom. The van der Waals surface area contributed by atoms with Crippen molar-refractivity contribution < 1.29 is 27.2 Å². The first-order chi connectivity index (χ1) is 15.3. The van der Waals surface area contributed by atoms with Gasteiger partial charge in [-0.05, 0) is 37.3 Å². The van der Waals surface area contributed by atoms with E-state index in [0.717, 1.165) is 0 Å². The molecule has 1 saturated heterocycles. The van der Waals surface area contributed by atoms with E-state index < -0.39 is 28.5 Å². The van der Waals surface area contributed by atoms with Gasteiger partial charge in [0.15, 0.2) is 6.61 Å². The highest BCUT2D eigenvalue weighted by Crippen LogP contribution is 2.28. The minimum atomic E-state index is -3.61. The second-order valence-corrected chi connectivity index (χ2v) is 9.75. The van der Waals surface area contributed by atoms with E-state index in [1.54, 1.807) is 55.5 Å². The van der Waals surface area contributed by atoms with E-state index >= 15 is 0 Å². The highest BCUT2D eigenvalue weighted by atomic mass is 35.5. The third-order valence-electron chi connectivity index (χ3n) is 5.38. The number of esters is 1. The Hall–Kier alpha value is -2.88. The van der Waals surface area contributed by atoms with E-state index in [-0.39, 0.29) is 36.8 Å². The lowest BCUT2D eigenvalue weighted by Gasteiger charge is -2.33. The molecule has 2 aromatic carbocycles. The van der Waals surface area contributed by atoms with Gasteiger partial charge in [0, 0.05) is 42.2 Å².